The zero-order valence-electron chi connectivity index (χ0n) is 14.3. The molecule has 1 aliphatic heterocycles. The van der Waals surface area contributed by atoms with Crippen molar-refractivity contribution in [2.75, 3.05) is 36.5 Å². The summed E-state index contributed by atoms with van der Waals surface area (Å²) in [5.41, 5.74) is 1.33. The monoisotopic (exact) mass is 320 g/mol. The number of benzene rings is 1. The van der Waals surface area contributed by atoms with Gasteiger partial charge in [-0.1, -0.05) is 0 Å². The van der Waals surface area contributed by atoms with Crippen molar-refractivity contribution < 1.29 is 14.6 Å². The van der Waals surface area contributed by atoms with Crippen LogP contribution >= 0.6 is 0 Å². The lowest BCUT2D eigenvalue weighted by Crippen LogP contribution is -2.41. The Bertz CT molecular complexity index is 506. The summed E-state index contributed by atoms with van der Waals surface area (Å²) in [6.07, 6.45) is 2.07. The summed E-state index contributed by atoms with van der Waals surface area (Å²) in [5.74, 6) is 0.188. The first kappa shape index (κ1) is 17.6. The Morgan fingerprint density at radius 1 is 1.30 bits per heavy atom. The molecule has 0 spiro atoms. The lowest BCUT2D eigenvalue weighted by atomic mass is 9.97. The van der Waals surface area contributed by atoms with E-state index in [9.17, 15) is 9.90 Å². The van der Waals surface area contributed by atoms with Crippen molar-refractivity contribution >= 4 is 17.3 Å². The first-order valence-corrected chi connectivity index (χ1v) is 8.37. The van der Waals surface area contributed by atoms with Gasteiger partial charge in [-0.3, -0.25) is 0 Å². The van der Waals surface area contributed by atoms with Gasteiger partial charge in [0.1, 0.15) is 5.54 Å². The second-order valence-corrected chi connectivity index (χ2v) is 6.63. The summed E-state index contributed by atoms with van der Waals surface area (Å²) in [7, 11) is 0. The maximum absolute atomic E-state index is 11.9. The normalized spacial score (nSPS) is 16.3. The number of carbonyl (C=O) groups excluding carboxylic acids is 1. The number of aliphatic hydroxyl groups excluding tert-OH is 1. The van der Waals surface area contributed by atoms with Crippen molar-refractivity contribution in [2.24, 2.45) is 5.92 Å². The van der Waals surface area contributed by atoms with Crippen LogP contribution in [0.1, 0.15) is 33.6 Å². The third kappa shape index (κ3) is 4.61. The Morgan fingerprint density at radius 2 is 1.91 bits per heavy atom. The van der Waals surface area contributed by atoms with E-state index in [4.69, 9.17) is 4.74 Å². The first-order chi connectivity index (χ1) is 11.0. The van der Waals surface area contributed by atoms with Crippen LogP contribution in [0.3, 0.4) is 0 Å². The number of anilines is 2. The molecule has 0 amide bonds. The molecule has 23 heavy (non-hydrogen) atoms. The lowest BCUT2D eigenvalue weighted by molar-refractivity contribution is -0.147. The number of rotatable bonds is 6. The van der Waals surface area contributed by atoms with Gasteiger partial charge in [0.15, 0.2) is 0 Å². The standard InChI is InChI=1S/C18H28N2O3/c1-4-23-17(22)18(2,3)19-15-5-7-16(8-6-15)20-11-9-14(13-21)10-12-20/h5-8,14,19,21H,4,9-13H2,1-3H3. The number of piperidine rings is 1. The molecule has 1 aromatic rings. The number of esters is 1. The van der Waals surface area contributed by atoms with Gasteiger partial charge >= 0.3 is 5.97 Å². The molecular formula is C18H28N2O3. The van der Waals surface area contributed by atoms with E-state index in [2.05, 4.69) is 22.3 Å². The third-order valence-electron chi connectivity index (χ3n) is 4.35. The molecule has 2 rings (SSSR count). The summed E-state index contributed by atoms with van der Waals surface area (Å²) >= 11 is 0. The number of nitrogens with zero attached hydrogens (tertiary/aromatic N) is 1. The summed E-state index contributed by atoms with van der Waals surface area (Å²) in [4.78, 5) is 14.3. The second-order valence-electron chi connectivity index (χ2n) is 6.63. The molecule has 0 unspecified atom stereocenters. The summed E-state index contributed by atoms with van der Waals surface area (Å²) in [6, 6.07) is 8.13. The molecule has 1 aliphatic rings. The fraction of sp³-hybridized carbons (Fsp3) is 0.611. The summed E-state index contributed by atoms with van der Waals surface area (Å²) in [6.45, 7) is 8.07. The van der Waals surface area contributed by atoms with E-state index in [0.717, 1.165) is 31.6 Å². The first-order valence-electron chi connectivity index (χ1n) is 8.37. The van der Waals surface area contributed by atoms with Crippen LogP contribution < -0.4 is 10.2 Å². The van der Waals surface area contributed by atoms with Gasteiger partial charge in [0.2, 0.25) is 0 Å². The van der Waals surface area contributed by atoms with Gasteiger partial charge in [0.25, 0.3) is 0 Å². The van der Waals surface area contributed by atoms with E-state index in [-0.39, 0.29) is 5.97 Å². The van der Waals surface area contributed by atoms with Crippen LogP contribution in [0.5, 0.6) is 0 Å². The fourth-order valence-electron chi connectivity index (χ4n) is 2.85. The number of ether oxygens (including phenoxy) is 1. The van der Waals surface area contributed by atoms with Crippen LogP contribution in [0.25, 0.3) is 0 Å². The topological polar surface area (TPSA) is 61.8 Å². The predicted octanol–water partition coefficient (Wildman–Crippen LogP) is 2.65. The highest BCUT2D eigenvalue weighted by atomic mass is 16.5. The number of aliphatic hydroxyl groups is 1. The Balaban J connectivity index is 1.96. The molecule has 0 aliphatic carbocycles. The molecular weight excluding hydrogens is 292 g/mol. The van der Waals surface area contributed by atoms with Crippen molar-refractivity contribution in [3.63, 3.8) is 0 Å². The molecule has 0 aromatic heterocycles. The van der Waals surface area contributed by atoms with Crippen molar-refractivity contribution in [3.8, 4) is 0 Å². The maximum atomic E-state index is 11.9. The highest BCUT2D eigenvalue weighted by Gasteiger charge is 2.28. The van der Waals surface area contributed by atoms with Crippen LogP contribution in [0.2, 0.25) is 0 Å². The summed E-state index contributed by atoms with van der Waals surface area (Å²) in [5, 5.41) is 12.4. The van der Waals surface area contributed by atoms with Gasteiger partial charge in [-0.2, -0.15) is 0 Å². The Hall–Kier alpha value is -1.75. The highest BCUT2D eigenvalue weighted by Crippen LogP contribution is 2.25. The van der Waals surface area contributed by atoms with E-state index >= 15 is 0 Å². The van der Waals surface area contributed by atoms with Crippen molar-refractivity contribution in [1.29, 1.82) is 0 Å². The van der Waals surface area contributed by atoms with Crippen molar-refractivity contribution in [3.05, 3.63) is 24.3 Å². The van der Waals surface area contributed by atoms with E-state index < -0.39 is 5.54 Å². The van der Waals surface area contributed by atoms with Gasteiger partial charge in [0.05, 0.1) is 6.61 Å². The molecule has 1 saturated heterocycles. The zero-order chi connectivity index (χ0) is 16.9. The minimum Gasteiger partial charge on any atom is -0.464 e. The molecule has 0 bridgehead atoms. The Labute approximate surface area is 138 Å². The molecule has 0 saturated carbocycles. The molecule has 1 fully saturated rings. The SMILES string of the molecule is CCOC(=O)C(C)(C)Nc1ccc(N2CCC(CO)CC2)cc1. The van der Waals surface area contributed by atoms with Gasteiger partial charge in [-0.15, -0.1) is 0 Å². The minimum absolute atomic E-state index is 0.254. The molecule has 1 aromatic carbocycles. The molecule has 0 atom stereocenters. The zero-order valence-corrected chi connectivity index (χ0v) is 14.3. The number of nitrogens with one attached hydrogen (secondary N) is 1. The molecule has 128 valence electrons. The van der Waals surface area contributed by atoms with Crippen LogP contribution in [0.4, 0.5) is 11.4 Å². The van der Waals surface area contributed by atoms with Crippen molar-refractivity contribution in [1.82, 2.24) is 0 Å². The highest BCUT2D eigenvalue weighted by molar-refractivity contribution is 5.83. The van der Waals surface area contributed by atoms with Gasteiger partial charge in [0, 0.05) is 31.1 Å². The van der Waals surface area contributed by atoms with E-state index in [1.807, 2.05) is 32.9 Å². The average molecular weight is 320 g/mol. The molecule has 1 heterocycles. The quantitative estimate of drug-likeness (QED) is 0.789. The summed E-state index contributed by atoms with van der Waals surface area (Å²) < 4.78 is 5.09. The Morgan fingerprint density at radius 3 is 2.43 bits per heavy atom. The van der Waals surface area contributed by atoms with Gasteiger partial charge in [-0.05, 0) is 63.8 Å². The Kier molecular flexibility index (Phi) is 5.88. The average Bonchev–Trinajstić information content (AvgIpc) is 2.55. The fourth-order valence-corrected chi connectivity index (χ4v) is 2.85. The van der Waals surface area contributed by atoms with Crippen molar-refractivity contribution in [2.45, 2.75) is 39.2 Å². The van der Waals surface area contributed by atoms with Crippen LogP contribution in [0, 0.1) is 5.92 Å². The maximum Gasteiger partial charge on any atom is 0.331 e. The molecule has 0 radical (unpaired) electrons. The lowest BCUT2D eigenvalue weighted by Gasteiger charge is -2.33. The molecule has 2 N–H and O–H groups in total. The van der Waals surface area contributed by atoms with Gasteiger partial charge in [-0.25, -0.2) is 4.79 Å². The smallest absolute Gasteiger partial charge is 0.331 e. The number of hydrogen-bond donors (Lipinski definition) is 2. The van der Waals surface area contributed by atoms with E-state index in [1.54, 1.807) is 0 Å². The van der Waals surface area contributed by atoms with E-state index in [1.165, 1.54) is 5.69 Å². The number of carbonyl (C=O) groups is 1. The van der Waals surface area contributed by atoms with Gasteiger partial charge < -0.3 is 20.1 Å². The molecule has 5 nitrogen and oxygen atoms in total. The van der Waals surface area contributed by atoms with Crippen LogP contribution in [-0.2, 0) is 9.53 Å². The largest absolute Gasteiger partial charge is 0.464 e. The third-order valence-corrected chi connectivity index (χ3v) is 4.35. The van der Waals surface area contributed by atoms with E-state index in [0.29, 0.717) is 19.1 Å². The number of hydrogen-bond acceptors (Lipinski definition) is 5. The van der Waals surface area contributed by atoms with Crippen LogP contribution in [0.15, 0.2) is 24.3 Å². The minimum atomic E-state index is -0.753. The van der Waals surface area contributed by atoms with Crippen LogP contribution in [-0.4, -0.2) is 42.9 Å². The second kappa shape index (κ2) is 7.68. The molecule has 5 heteroatoms. The predicted molar refractivity (Wildman–Crippen MR) is 92.8 cm³/mol.